The van der Waals surface area contributed by atoms with Crippen LogP contribution in [0.3, 0.4) is 0 Å². The number of hydrogen-bond donors (Lipinski definition) is 1. The standard InChI is InChI=1S/C13H9F3N4O/c14-13(15,16)10-4-2-1-3-9(10)7-19-20-12(21)11-8-17-5-6-18-11/h1-8H,(H,20,21)/b19-7-. The normalized spacial score (nSPS) is 11.6. The number of hydrogen-bond acceptors (Lipinski definition) is 4. The van der Waals surface area contributed by atoms with Gasteiger partial charge in [0.25, 0.3) is 5.91 Å². The van der Waals surface area contributed by atoms with Crippen molar-refractivity contribution in [3.05, 3.63) is 59.7 Å². The van der Waals surface area contributed by atoms with Crippen LogP contribution in [0.5, 0.6) is 0 Å². The first-order valence-corrected chi connectivity index (χ1v) is 5.74. The van der Waals surface area contributed by atoms with Crippen molar-refractivity contribution in [3.63, 3.8) is 0 Å². The fourth-order valence-corrected chi connectivity index (χ4v) is 1.50. The number of aromatic nitrogens is 2. The van der Waals surface area contributed by atoms with Crippen LogP contribution in [0, 0.1) is 0 Å². The lowest BCUT2D eigenvalue weighted by atomic mass is 10.1. The summed E-state index contributed by atoms with van der Waals surface area (Å²) in [6.45, 7) is 0. The summed E-state index contributed by atoms with van der Waals surface area (Å²) in [5.74, 6) is -0.663. The number of nitrogens with one attached hydrogen (secondary N) is 1. The van der Waals surface area contributed by atoms with E-state index < -0.39 is 17.6 Å². The zero-order valence-electron chi connectivity index (χ0n) is 10.5. The van der Waals surface area contributed by atoms with Gasteiger partial charge >= 0.3 is 6.18 Å². The molecule has 1 aromatic carbocycles. The highest BCUT2D eigenvalue weighted by atomic mass is 19.4. The van der Waals surface area contributed by atoms with Crippen LogP contribution >= 0.6 is 0 Å². The van der Waals surface area contributed by atoms with Gasteiger partial charge < -0.3 is 0 Å². The lowest BCUT2D eigenvalue weighted by molar-refractivity contribution is -0.137. The smallest absolute Gasteiger partial charge is 0.265 e. The molecular formula is C13H9F3N4O. The van der Waals surface area contributed by atoms with Gasteiger partial charge in [-0.05, 0) is 6.07 Å². The molecule has 0 bridgehead atoms. The van der Waals surface area contributed by atoms with Gasteiger partial charge in [-0.25, -0.2) is 10.4 Å². The van der Waals surface area contributed by atoms with Crippen LogP contribution in [-0.4, -0.2) is 22.1 Å². The van der Waals surface area contributed by atoms with Gasteiger partial charge in [-0.3, -0.25) is 9.78 Å². The molecule has 2 rings (SSSR count). The highest BCUT2D eigenvalue weighted by Gasteiger charge is 2.32. The van der Waals surface area contributed by atoms with Gasteiger partial charge in [-0.1, -0.05) is 18.2 Å². The van der Waals surface area contributed by atoms with Crippen LogP contribution in [-0.2, 0) is 6.18 Å². The molecule has 108 valence electrons. The first kappa shape index (κ1) is 14.6. The van der Waals surface area contributed by atoms with E-state index in [9.17, 15) is 18.0 Å². The van der Waals surface area contributed by atoms with E-state index in [1.54, 1.807) is 0 Å². The molecule has 0 aliphatic heterocycles. The third kappa shape index (κ3) is 3.85. The molecule has 0 fully saturated rings. The molecule has 0 saturated heterocycles. The van der Waals surface area contributed by atoms with Crippen molar-refractivity contribution >= 4 is 12.1 Å². The van der Waals surface area contributed by atoms with Crippen LogP contribution in [0.25, 0.3) is 0 Å². The van der Waals surface area contributed by atoms with Gasteiger partial charge in [0.05, 0.1) is 18.0 Å². The van der Waals surface area contributed by atoms with Gasteiger partial charge in [-0.15, -0.1) is 0 Å². The topological polar surface area (TPSA) is 67.2 Å². The molecule has 0 radical (unpaired) electrons. The second kappa shape index (κ2) is 6.12. The maximum absolute atomic E-state index is 12.7. The fourth-order valence-electron chi connectivity index (χ4n) is 1.50. The number of nitrogens with zero attached hydrogens (tertiary/aromatic N) is 3. The average molecular weight is 294 g/mol. The third-order valence-electron chi connectivity index (χ3n) is 2.43. The van der Waals surface area contributed by atoms with Gasteiger partial charge in [-0.2, -0.15) is 18.3 Å². The lowest BCUT2D eigenvalue weighted by Crippen LogP contribution is -2.19. The Balaban J connectivity index is 2.11. The summed E-state index contributed by atoms with van der Waals surface area (Å²) in [4.78, 5) is 19.0. The van der Waals surface area contributed by atoms with Crippen LogP contribution < -0.4 is 5.43 Å². The van der Waals surface area contributed by atoms with Gasteiger partial charge in [0, 0.05) is 18.0 Å². The minimum atomic E-state index is -4.49. The summed E-state index contributed by atoms with van der Waals surface area (Å²) in [5.41, 5.74) is 1.12. The van der Waals surface area contributed by atoms with E-state index in [2.05, 4.69) is 20.5 Å². The second-order valence-electron chi connectivity index (χ2n) is 3.87. The predicted octanol–water partition coefficient (Wildman–Crippen LogP) is 2.26. The van der Waals surface area contributed by atoms with Crippen LogP contribution in [0.4, 0.5) is 13.2 Å². The Morgan fingerprint density at radius 2 is 2.00 bits per heavy atom. The van der Waals surface area contributed by atoms with Crippen molar-refractivity contribution in [1.29, 1.82) is 0 Å². The van der Waals surface area contributed by atoms with Crippen molar-refractivity contribution in [3.8, 4) is 0 Å². The summed E-state index contributed by atoms with van der Waals surface area (Å²) < 4.78 is 38.2. The van der Waals surface area contributed by atoms with Crippen molar-refractivity contribution in [2.75, 3.05) is 0 Å². The number of benzene rings is 1. The number of amides is 1. The third-order valence-corrected chi connectivity index (χ3v) is 2.43. The maximum atomic E-state index is 12.7. The van der Waals surface area contributed by atoms with E-state index in [0.29, 0.717) is 0 Å². The summed E-state index contributed by atoms with van der Waals surface area (Å²) >= 11 is 0. The molecule has 1 N–H and O–H groups in total. The van der Waals surface area contributed by atoms with Crippen molar-refractivity contribution in [2.45, 2.75) is 6.18 Å². The first-order chi connectivity index (χ1) is 9.98. The van der Waals surface area contributed by atoms with Crippen molar-refractivity contribution in [2.24, 2.45) is 5.10 Å². The van der Waals surface area contributed by atoms with E-state index in [-0.39, 0.29) is 11.3 Å². The number of rotatable bonds is 3. The molecule has 2 aromatic rings. The molecule has 8 heteroatoms. The fraction of sp³-hybridized carbons (Fsp3) is 0.0769. The van der Waals surface area contributed by atoms with Crippen molar-refractivity contribution in [1.82, 2.24) is 15.4 Å². The zero-order valence-corrected chi connectivity index (χ0v) is 10.5. The molecule has 0 spiro atoms. The Kier molecular flexibility index (Phi) is 4.27. The number of alkyl halides is 3. The second-order valence-corrected chi connectivity index (χ2v) is 3.87. The number of hydrazone groups is 1. The van der Waals surface area contributed by atoms with Crippen LogP contribution in [0.15, 0.2) is 48.0 Å². The molecule has 0 aliphatic carbocycles. The summed E-state index contributed by atoms with van der Waals surface area (Å²) in [5, 5.41) is 3.50. The molecule has 1 amide bonds. The Bertz CT molecular complexity index is 656. The molecular weight excluding hydrogens is 285 g/mol. The van der Waals surface area contributed by atoms with E-state index >= 15 is 0 Å². The molecule has 0 aliphatic rings. The average Bonchev–Trinajstić information content (AvgIpc) is 2.47. The Morgan fingerprint density at radius 1 is 1.24 bits per heavy atom. The molecule has 0 atom stereocenters. The maximum Gasteiger partial charge on any atom is 0.417 e. The van der Waals surface area contributed by atoms with E-state index in [0.717, 1.165) is 12.3 Å². The Labute approximate surface area is 117 Å². The Hall–Kier alpha value is -2.77. The van der Waals surface area contributed by atoms with Crippen molar-refractivity contribution < 1.29 is 18.0 Å². The molecule has 5 nitrogen and oxygen atoms in total. The predicted molar refractivity (Wildman–Crippen MR) is 68.5 cm³/mol. The molecule has 0 saturated carbocycles. The summed E-state index contributed by atoms with van der Waals surface area (Å²) in [6.07, 6.45) is 0.361. The monoisotopic (exact) mass is 294 g/mol. The number of halogens is 3. The molecule has 1 aromatic heterocycles. The molecule has 1 heterocycles. The van der Waals surface area contributed by atoms with E-state index in [1.807, 2.05) is 0 Å². The minimum Gasteiger partial charge on any atom is -0.265 e. The SMILES string of the molecule is O=C(N/N=C\c1ccccc1C(F)(F)F)c1cnccn1. The Morgan fingerprint density at radius 3 is 2.67 bits per heavy atom. The molecule has 21 heavy (non-hydrogen) atoms. The van der Waals surface area contributed by atoms with E-state index in [1.165, 1.54) is 36.8 Å². The highest BCUT2D eigenvalue weighted by Crippen LogP contribution is 2.30. The lowest BCUT2D eigenvalue weighted by Gasteiger charge is -2.09. The summed E-state index contributed by atoms with van der Waals surface area (Å²) in [7, 11) is 0. The molecule has 0 unspecified atom stereocenters. The van der Waals surface area contributed by atoms with Crippen LogP contribution in [0.1, 0.15) is 21.6 Å². The number of carbonyl (C=O) groups excluding carboxylic acids is 1. The van der Waals surface area contributed by atoms with Gasteiger partial charge in [0.2, 0.25) is 0 Å². The quantitative estimate of drug-likeness (QED) is 0.697. The number of carbonyl (C=O) groups is 1. The largest absolute Gasteiger partial charge is 0.417 e. The van der Waals surface area contributed by atoms with Crippen LogP contribution in [0.2, 0.25) is 0 Å². The zero-order chi connectivity index (χ0) is 15.3. The summed E-state index contributed by atoms with van der Waals surface area (Å²) in [6, 6.07) is 4.91. The minimum absolute atomic E-state index is 0.0127. The highest BCUT2D eigenvalue weighted by molar-refractivity contribution is 5.92. The first-order valence-electron chi connectivity index (χ1n) is 5.74. The van der Waals surface area contributed by atoms with Gasteiger partial charge in [0.1, 0.15) is 5.69 Å². The van der Waals surface area contributed by atoms with Gasteiger partial charge in [0.15, 0.2) is 0 Å². The van der Waals surface area contributed by atoms with E-state index in [4.69, 9.17) is 0 Å².